The van der Waals surface area contributed by atoms with Crippen LogP contribution in [0, 0.1) is 11.8 Å². The van der Waals surface area contributed by atoms with Crippen LogP contribution >= 0.6 is 34.8 Å². The van der Waals surface area contributed by atoms with Crippen molar-refractivity contribution in [2.45, 2.75) is 25.8 Å². The fourth-order valence-electron chi connectivity index (χ4n) is 2.64. The molecule has 2 unspecified atom stereocenters. The Morgan fingerprint density at radius 3 is 2.67 bits per heavy atom. The molecule has 0 saturated heterocycles. The molecule has 0 amide bonds. The molecule has 1 N–H and O–H groups in total. The van der Waals surface area contributed by atoms with Crippen molar-refractivity contribution in [1.29, 1.82) is 0 Å². The normalized spacial score (nSPS) is 23.5. The Labute approximate surface area is 124 Å². The molecule has 18 heavy (non-hydrogen) atoms. The molecule has 1 aliphatic rings. The highest BCUT2D eigenvalue weighted by molar-refractivity contribution is 6.35. The lowest BCUT2D eigenvalue weighted by Crippen LogP contribution is -2.25. The van der Waals surface area contributed by atoms with E-state index < -0.39 is 0 Å². The summed E-state index contributed by atoms with van der Waals surface area (Å²) in [6.45, 7) is 1.82. The van der Waals surface area contributed by atoms with Crippen LogP contribution in [0.2, 0.25) is 10.0 Å². The summed E-state index contributed by atoms with van der Waals surface area (Å²) in [6.07, 6.45) is 3.88. The van der Waals surface area contributed by atoms with Gasteiger partial charge in [0.15, 0.2) is 0 Å². The number of hydrogen-bond donors (Lipinski definition) is 1. The van der Waals surface area contributed by atoms with Gasteiger partial charge >= 0.3 is 0 Å². The summed E-state index contributed by atoms with van der Waals surface area (Å²) < 4.78 is 0. The molecule has 1 nitrogen and oxygen atoms in total. The third-order valence-corrected chi connectivity index (χ3v) is 4.74. The monoisotopic (exact) mass is 305 g/mol. The van der Waals surface area contributed by atoms with Gasteiger partial charge in [0.25, 0.3) is 0 Å². The molecule has 4 heteroatoms. The van der Waals surface area contributed by atoms with E-state index in [1.54, 1.807) is 6.07 Å². The van der Waals surface area contributed by atoms with E-state index in [0.717, 1.165) is 29.6 Å². The zero-order valence-corrected chi connectivity index (χ0v) is 12.5. The average molecular weight is 307 g/mol. The third kappa shape index (κ3) is 3.77. The Hall–Kier alpha value is 0.0500. The van der Waals surface area contributed by atoms with Crippen LogP contribution in [0.4, 0.5) is 0 Å². The zero-order valence-electron chi connectivity index (χ0n) is 10.3. The molecule has 1 aliphatic carbocycles. The largest absolute Gasteiger partial charge is 0.312 e. The first kappa shape index (κ1) is 14.5. The van der Waals surface area contributed by atoms with Gasteiger partial charge in [-0.3, -0.25) is 0 Å². The Morgan fingerprint density at radius 1 is 1.17 bits per heavy atom. The maximum atomic E-state index is 6.14. The topological polar surface area (TPSA) is 12.0 Å². The van der Waals surface area contributed by atoms with Crippen molar-refractivity contribution in [3.63, 3.8) is 0 Å². The van der Waals surface area contributed by atoms with Gasteiger partial charge in [0, 0.05) is 22.5 Å². The van der Waals surface area contributed by atoms with Gasteiger partial charge in [0.1, 0.15) is 0 Å². The van der Waals surface area contributed by atoms with Crippen LogP contribution < -0.4 is 5.32 Å². The van der Waals surface area contributed by atoms with Gasteiger partial charge in [0.2, 0.25) is 0 Å². The smallest absolute Gasteiger partial charge is 0.0465 e. The minimum atomic E-state index is 0.680. The molecule has 1 aromatic rings. The summed E-state index contributed by atoms with van der Waals surface area (Å²) in [6, 6.07) is 5.64. The molecule has 1 aromatic carbocycles. The molecule has 2 atom stereocenters. The molecule has 0 aromatic heterocycles. The molecule has 1 fully saturated rings. The van der Waals surface area contributed by atoms with E-state index >= 15 is 0 Å². The number of rotatable bonds is 5. The van der Waals surface area contributed by atoms with E-state index in [-0.39, 0.29) is 0 Å². The predicted molar refractivity (Wildman–Crippen MR) is 79.7 cm³/mol. The summed E-state index contributed by atoms with van der Waals surface area (Å²) in [7, 11) is 0. The van der Waals surface area contributed by atoms with Crippen molar-refractivity contribution >= 4 is 34.8 Å². The molecule has 1 saturated carbocycles. The first-order valence-electron chi connectivity index (χ1n) is 6.41. The summed E-state index contributed by atoms with van der Waals surface area (Å²) in [5.41, 5.74) is 1.10. The quantitative estimate of drug-likeness (QED) is 0.775. The van der Waals surface area contributed by atoms with Gasteiger partial charge in [0.05, 0.1) is 0 Å². The highest BCUT2D eigenvalue weighted by atomic mass is 35.5. The fourth-order valence-corrected chi connectivity index (χ4v) is 3.52. The molecule has 2 rings (SSSR count). The third-order valence-electron chi connectivity index (χ3n) is 3.75. The fraction of sp³-hybridized carbons (Fsp3) is 0.571. The number of halogens is 3. The van der Waals surface area contributed by atoms with E-state index in [1.807, 2.05) is 12.1 Å². The van der Waals surface area contributed by atoms with Crippen LogP contribution in [0.5, 0.6) is 0 Å². The van der Waals surface area contributed by atoms with Crippen LogP contribution in [-0.4, -0.2) is 12.4 Å². The van der Waals surface area contributed by atoms with E-state index in [0.29, 0.717) is 16.9 Å². The van der Waals surface area contributed by atoms with Crippen LogP contribution in [-0.2, 0) is 6.54 Å². The first-order chi connectivity index (χ1) is 8.70. The Bertz CT molecular complexity index is 395. The second kappa shape index (κ2) is 7.00. The molecule has 0 bridgehead atoms. The molecular formula is C14H18Cl3N. The number of alkyl halides is 1. The molecule has 0 heterocycles. The average Bonchev–Trinajstić information content (AvgIpc) is 2.79. The predicted octanol–water partition coefficient (Wildman–Crippen LogP) is 4.74. The van der Waals surface area contributed by atoms with Crippen molar-refractivity contribution in [2.24, 2.45) is 11.8 Å². The van der Waals surface area contributed by atoms with Crippen LogP contribution in [0.3, 0.4) is 0 Å². The zero-order chi connectivity index (χ0) is 13.0. The maximum absolute atomic E-state index is 6.14. The van der Waals surface area contributed by atoms with Gasteiger partial charge in [-0.15, -0.1) is 11.6 Å². The van der Waals surface area contributed by atoms with E-state index in [4.69, 9.17) is 34.8 Å². The Balaban J connectivity index is 1.81. The second-order valence-electron chi connectivity index (χ2n) is 4.97. The van der Waals surface area contributed by atoms with Gasteiger partial charge in [-0.05, 0) is 48.9 Å². The van der Waals surface area contributed by atoms with Gasteiger partial charge in [-0.1, -0.05) is 35.7 Å². The van der Waals surface area contributed by atoms with Crippen molar-refractivity contribution in [3.8, 4) is 0 Å². The Morgan fingerprint density at radius 2 is 1.94 bits per heavy atom. The highest BCUT2D eigenvalue weighted by Gasteiger charge is 2.25. The lowest BCUT2D eigenvalue weighted by atomic mass is 9.98. The summed E-state index contributed by atoms with van der Waals surface area (Å²) in [5.74, 6) is 2.18. The van der Waals surface area contributed by atoms with E-state index in [2.05, 4.69) is 5.32 Å². The summed E-state index contributed by atoms with van der Waals surface area (Å²) in [5, 5.41) is 4.90. The maximum Gasteiger partial charge on any atom is 0.0465 e. The van der Waals surface area contributed by atoms with Gasteiger partial charge in [-0.25, -0.2) is 0 Å². The lowest BCUT2D eigenvalue weighted by Gasteiger charge is -2.18. The van der Waals surface area contributed by atoms with Gasteiger partial charge < -0.3 is 5.32 Å². The van der Waals surface area contributed by atoms with Crippen LogP contribution in [0.1, 0.15) is 24.8 Å². The second-order valence-corrected chi connectivity index (χ2v) is 6.12. The van der Waals surface area contributed by atoms with Crippen molar-refractivity contribution in [3.05, 3.63) is 33.8 Å². The summed E-state index contributed by atoms with van der Waals surface area (Å²) >= 11 is 18.0. The molecule has 0 aliphatic heterocycles. The number of nitrogens with one attached hydrogen (secondary N) is 1. The first-order valence-corrected chi connectivity index (χ1v) is 7.70. The van der Waals surface area contributed by atoms with Gasteiger partial charge in [-0.2, -0.15) is 0 Å². The van der Waals surface area contributed by atoms with Crippen LogP contribution in [0.15, 0.2) is 18.2 Å². The Kier molecular flexibility index (Phi) is 5.62. The highest BCUT2D eigenvalue weighted by Crippen LogP contribution is 2.32. The lowest BCUT2D eigenvalue weighted by molar-refractivity contribution is 0.395. The minimum Gasteiger partial charge on any atom is -0.312 e. The van der Waals surface area contributed by atoms with Crippen LogP contribution in [0.25, 0.3) is 0 Å². The van der Waals surface area contributed by atoms with E-state index in [9.17, 15) is 0 Å². The number of hydrogen-bond acceptors (Lipinski definition) is 1. The molecule has 0 radical (unpaired) electrons. The van der Waals surface area contributed by atoms with Crippen molar-refractivity contribution in [2.75, 3.05) is 12.4 Å². The molecule has 0 spiro atoms. The molecule has 100 valence electrons. The van der Waals surface area contributed by atoms with Crippen molar-refractivity contribution < 1.29 is 0 Å². The minimum absolute atomic E-state index is 0.680. The summed E-state index contributed by atoms with van der Waals surface area (Å²) in [4.78, 5) is 0. The number of benzene rings is 1. The standard InChI is InChI=1S/C14H18Cl3N/c15-7-10-2-1-3-11(10)8-18-9-12-4-5-13(16)6-14(12)17/h4-6,10-11,18H,1-3,7-9H2. The SMILES string of the molecule is ClCC1CCCC1CNCc1ccc(Cl)cc1Cl. The van der Waals surface area contributed by atoms with E-state index in [1.165, 1.54) is 19.3 Å². The van der Waals surface area contributed by atoms with Crippen molar-refractivity contribution in [1.82, 2.24) is 5.32 Å². The molecular weight excluding hydrogens is 289 g/mol.